The Balaban J connectivity index is 2.43. The molecule has 19 heavy (non-hydrogen) atoms. The Morgan fingerprint density at radius 2 is 1.32 bits per heavy atom. The van der Waals surface area contributed by atoms with Crippen LogP contribution in [0.3, 0.4) is 0 Å². The van der Waals surface area contributed by atoms with Crippen molar-refractivity contribution in [1.29, 1.82) is 0 Å². The highest BCUT2D eigenvalue weighted by molar-refractivity contribution is 7.81. The van der Waals surface area contributed by atoms with Crippen molar-refractivity contribution in [3.8, 4) is 0 Å². The van der Waals surface area contributed by atoms with Gasteiger partial charge < -0.3 is 4.90 Å². The van der Waals surface area contributed by atoms with Gasteiger partial charge in [0.05, 0.1) is 24.5 Å². The van der Waals surface area contributed by atoms with Crippen molar-refractivity contribution in [2.75, 3.05) is 14.1 Å². The molecular weight excluding hydrogens is 250 g/mol. The fourth-order valence-corrected chi connectivity index (χ4v) is 2.24. The third-order valence-corrected chi connectivity index (χ3v) is 3.25. The Morgan fingerprint density at radius 3 is 1.79 bits per heavy atom. The third-order valence-electron chi connectivity index (χ3n) is 2.80. The highest BCUT2D eigenvalue weighted by Crippen LogP contribution is 2.19. The summed E-state index contributed by atoms with van der Waals surface area (Å²) in [5.74, 6) is 0. The number of hydrogen-bond donors (Lipinski definition) is 1. The topological polar surface area (TPSA) is 4.44 Å². The molecule has 0 aliphatic heterocycles. The van der Waals surface area contributed by atoms with Gasteiger partial charge in [0.2, 0.25) is 0 Å². The predicted molar refractivity (Wildman–Crippen MR) is 85.4 cm³/mol. The van der Waals surface area contributed by atoms with Crippen LogP contribution in [0.1, 0.15) is 11.1 Å². The molecule has 0 heterocycles. The van der Waals surface area contributed by atoms with Crippen molar-refractivity contribution in [3.63, 3.8) is 0 Å². The summed E-state index contributed by atoms with van der Waals surface area (Å²) in [4.78, 5) is 2.14. The highest BCUT2D eigenvalue weighted by atomic mass is 32.1. The molecule has 1 nitrogen and oxygen atoms in total. The molecule has 0 fully saturated rings. The average molecular weight is 268 g/mol. The molecule has 2 aromatic carbocycles. The monoisotopic (exact) mass is 268 g/mol. The molecule has 0 aliphatic carbocycles. The van der Waals surface area contributed by atoms with E-state index in [1.54, 1.807) is 0 Å². The van der Waals surface area contributed by atoms with Gasteiger partial charge in [0, 0.05) is 0 Å². The van der Waals surface area contributed by atoms with E-state index in [0.29, 0.717) is 0 Å². The Morgan fingerprint density at radius 1 is 0.842 bits per heavy atom. The van der Waals surface area contributed by atoms with Gasteiger partial charge in [-0.2, -0.15) is 0 Å². The van der Waals surface area contributed by atoms with Gasteiger partial charge in [-0.3, -0.25) is 0 Å². The van der Waals surface area contributed by atoms with Crippen LogP contribution in [0.25, 0.3) is 5.57 Å². The van der Waals surface area contributed by atoms with E-state index < -0.39 is 0 Å². The van der Waals surface area contributed by atoms with Gasteiger partial charge in [-0.05, 0) is 11.1 Å². The summed E-state index contributed by atoms with van der Waals surface area (Å²) in [6.07, 6.45) is 2.16. The second kappa shape index (κ2) is 6.41. The first kappa shape index (κ1) is 13.7. The van der Waals surface area contributed by atoms with Gasteiger partial charge >= 0.3 is 0 Å². The zero-order valence-corrected chi connectivity index (χ0v) is 12.1. The Labute approximate surface area is 120 Å². The van der Waals surface area contributed by atoms with Crippen LogP contribution >= 0.6 is 12.2 Å². The van der Waals surface area contributed by atoms with E-state index in [1.165, 1.54) is 4.90 Å². The standard InChI is InChI=1S/C17H17NS/c1-18(2)13-16(14-9-5-3-6-10-14)17(19)15-11-7-4-8-12-15/h3-13H,1-2H3/p+1/b16-13-. The van der Waals surface area contributed by atoms with E-state index >= 15 is 0 Å². The van der Waals surface area contributed by atoms with Gasteiger partial charge in [0.15, 0.2) is 0 Å². The summed E-state index contributed by atoms with van der Waals surface area (Å²) in [6.45, 7) is 0. The molecule has 0 radical (unpaired) electrons. The first-order valence-corrected chi connectivity index (χ1v) is 6.76. The molecule has 0 amide bonds. The Bertz CT molecular complexity index is 571. The van der Waals surface area contributed by atoms with Crippen molar-refractivity contribution in [3.05, 3.63) is 78.0 Å². The quantitative estimate of drug-likeness (QED) is 0.507. The van der Waals surface area contributed by atoms with E-state index in [0.717, 1.165) is 21.6 Å². The maximum Gasteiger partial charge on any atom is 0.103 e. The van der Waals surface area contributed by atoms with Gasteiger partial charge in [-0.15, -0.1) is 0 Å². The number of thiocarbonyl (C=S) groups is 1. The van der Waals surface area contributed by atoms with Crippen molar-refractivity contribution in [2.24, 2.45) is 0 Å². The molecule has 0 aliphatic rings. The Hall–Kier alpha value is -1.77. The zero-order chi connectivity index (χ0) is 13.7. The lowest BCUT2D eigenvalue weighted by Crippen LogP contribution is -3.00. The minimum absolute atomic E-state index is 0.896. The number of hydrogen-bond acceptors (Lipinski definition) is 1. The fraction of sp³-hybridized carbons (Fsp3) is 0.118. The molecule has 0 spiro atoms. The van der Waals surface area contributed by atoms with Crippen molar-refractivity contribution < 1.29 is 4.90 Å². The minimum atomic E-state index is 0.896. The number of allylic oxidation sites excluding steroid dienone is 1. The molecule has 1 N–H and O–H groups in total. The van der Waals surface area contributed by atoms with Crippen molar-refractivity contribution in [1.82, 2.24) is 0 Å². The number of quaternary nitrogens is 1. The fourth-order valence-electron chi connectivity index (χ4n) is 1.93. The van der Waals surface area contributed by atoms with E-state index in [1.807, 2.05) is 36.4 Å². The van der Waals surface area contributed by atoms with E-state index in [9.17, 15) is 0 Å². The normalized spacial score (nSPS) is 11.6. The zero-order valence-electron chi connectivity index (χ0n) is 11.3. The second-order valence-corrected chi connectivity index (χ2v) is 5.10. The van der Waals surface area contributed by atoms with Crippen molar-refractivity contribution >= 4 is 22.7 Å². The summed E-state index contributed by atoms with van der Waals surface area (Å²) in [6, 6.07) is 20.5. The molecule has 0 unspecified atom stereocenters. The number of rotatable bonds is 4. The molecule has 0 saturated heterocycles. The Kier molecular flexibility index (Phi) is 4.61. The van der Waals surface area contributed by atoms with E-state index in [-0.39, 0.29) is 0 Å². The van der Waals surface area contributed by atoms with Crippen molar-refractivity contribution in [2.45, 2.75) is 0 Å². The van der Waals surface area contributed by atoms with Crippen LogP contribution in [-0.2, 0) is 0 Å². The van der Waals surface area contributed by atoms with Gasteiger partial charge in [0.1, 0.15) is 6.20 Å². The lowest BCUT2D eigenvalue weighted by molar-refractivity contribution is -0.800. The smallest absolute Gasteiger partial charge is 0.103 e. The summed E-state index contributed by atoms with van der Waals surface area (Å²) in [5.41, 5.74) is 3.37. The lowest BCUT2D eigenvalue weighted by atomic mass is 9.98. The van der Waals surface area contributed by atoms with Gasteiger partial charge in [-0.25, -0.2) is 0 Å². The lowest BCUT2D eigenvalue weighted by Gasteiger charge is -2.11. The molecule has 0 saturated carbocycles. The molecular formula is C17H18NS+. The maximum atomic E-state index is 5.66. The third kappa shape index (κ3) is 3.60. The molecule has 0 aromatic heterocycles. The summed E-state index contributed by atoms with van der Waals surface area (Å²) < 4.78 is 0. The van der Waals surface area contributed by atoms with Gasteiger partial charge in [-0.1, -0.05) is 72.9 Å². The average Bonchev–Trinajstić information content (AvgIpc) is 2.46. The maximum absolute atomic E-state index is 5.66. The van der Waals surface area contributed by atoms with Crippen LogP contribution in [-0.4, -0.2) is 19.0 Å². The summed E-state index contributed by atoms with van der Waals surface area (Å²) >= 11 is 5.66. The largest absolute Gasteiger partial charge is 0.313 e. The van der Waals surface area contributed by atoms with Crippen LogP contribution < -0.4 is 4.90 Å². The van der Waals surface area contributed by atoms with E-state index in [4.69, 9.17) is 12.2 Å². The first-order chi connectivity index (χ1) is 9.18. The minimum Gasteiger partial charge on any atom is -0.313 e. The molecule has 2 aromatic rings. The molecule has 0 bridgehead atoms. The highest BCUT2D eigenvalue weighted by Gasteiger charge is 2.12. The molecule has 2 rings (SSSR count). The SMILES string of the molecule is C[NH+](C)/C=C(\C(=S)c1ccccc1)c1ccccc1. The predicted octanol–water partition coefficient (Wildman–Crippen LogP) is 2.59. The molecule has 2 heteroatoms. The van der Waals surface area contributed by atoms with Crippen LogP contribution in [0, 0.1) is 0 Å². The summed E-state index contributed by atoms with van der Waals surface area (Å²) in [5, 5.41) is 0. The van der Waals surface area contributed by atoms with Gasteiger partial charge in [0.25, 0.3) is 0 Å². The number of nitrogens with one attached hydrogen (secondary N) is 1. The second-order valence-electron chi connectivity index (χ2n) is 4.70. The molecule has 0 atom stereocenters. The first-order valence-electron chi connectivity index (χ1n) is 6.35. The van der Waals surface area contributed by atoms with Crippen LogP contribution in [0.4, 0.5) is 0 Å². The van der Waals surface area contributed by atoms with Crippen LogP contribution in [0.5, 0.6) is 0 Å². The summed E-state index contributed by atoms with van der Waals surface area (Å²) in [7, 11) is 4.19. The van der Waals surface area contributed by atoms with Crippen LogP contribution in [0.15, 0.2) is 66.9 Å². The molecule has 96 valence electrons. The van der Waals surface area contributed by atoms with Crippen LogP contribution in [0.2, 0.25) is 0 Å². The van der Waals surface area contributed by atoms with E-state index in [2.05, 4.69) is 44.6 Å². The number of benzene rings is 2.